The third-order valence-electron chi connectivity index (χ3n) is 4.18. The van der Waals surface area contributed by atoms with Crippen LogP contribution in [-0.4, -0.2) is 11.2 Å². The number of carboxylic acid groups (broad SMARTS) is 1. The smallest absolute Gasteiger partial charge is 0.431 e. The van der Waals surface area contributed by atoms with E-state index in [4.69, 9.17) is 0 Å². The average Bonchev–Trinajstić information content (AvgIpc) is 2.69. The maximum atomic E-state index is 11.7. The first-order valence-electron chi connectivity index (χ1n) is 8.41. The molecule has 0 radical (unpaired) electrons. The Bertz CT molecular complexity index is 869. The third kappa shape index (κ3) is 3.93. The van der Waals surface area contributed by atoms with Gasteiger partial charge in [0.15, 0.2) is 0 Å². The Morgan fingerprint density at radius 1 is 0.846 bits per heavy atom. The Balaban J connectivity index is 2.19. The molecule has 3 rings (SSSR count). The molecule has 0 heterocycles. The molecular weight excluding hydrogens is 343 g/mol. The Kier molecular flexibility index (Phi) is 5.67. The van der Waals surface area contributed by atoms with Crippen LogP contribution in [0.1, 0.15) is 18.5 Å². The second-order valence-corrected chi connectivity index (χ2v) is 8.71. The van der Waals surface area contributed by atoms with E-state index in [1.165, 1.54) is 0 Å². The van der Waals surface area contributed by atoms with Crippen molar-refractivity contribution in [2.75, 3.05) is 0 Å². The summed E-state index contributed by atoms with van der Waals surface area (Å²) < 4.78 is 4.23. The summed E-state index contributed by atoms with van der Waals surface area (Å²) in [6.45, 7) is 2.04. The number of nitrogens with zero attached hydrogens (tertiary/aromatic N) is 1. The zero-order valence-electron chi connectivity index (χ0n) is 14.5. The second kappa shape index (κ2) is 8.13. The lowest BCUT2D eigenvalue weighted by molar-refractivity contribution is 0.206. The van der Waals surface area contributed by atoms with E-state index < -0.39 is 13.3 Å². The predicted molar refractivity (Wildman–Crippen MR) is 108 cm³/mol. The summed E-state index contributed by atoms with van der Waals surface area (Å²) in [6, 6.07) is 29.2. The van der Waals surface area contributed by atoms with Crippen LogP contribution in [-0.2, 0) is 0 Å². The van der Waals surface area contributed by atoms with Crippen LogP contribution in [0.3, 0.4) is 0 Å². The summed E-state index contributed by atoms with van der Waals surface area (Å²) in [5.74, 6) is 0. The number of benzene rings is 3. The van der Waals surface area contributed by atoms with Gasteiger partial charge in [-0.05, 0) is 12.5 Å². The highest BCUT2D eigenvalue weighted by Crippen LogP contribution is 2.45. The lowest BCUT2D eigenvalue weighted by atomic mass is 10.1. The molecule has 2 N–H and O–H groups in total. The van der Waals surface area contributed by atoms with Gasteiger partial charge < -0.3 is 5.11 Å². The van der Waals surface area contributed by atoms with Gasteiger partial charge in [0.05, 0.1) is 0 Å². The Morgan fingerprint density at radius 3 is 1.69 bits per heavy atom. The van der Waals surface area contributed by atoms with Gasteiger partial charge >= 0.3 is 6.09 Å². The lowest BCUT2D eigenvalue weighted by Gasteiger charge is -2.29. The molecule has 0 aliphatic rings. The molecule has 0 aromatic heterocycles. The fourth-order valence-corrected chi connectivity index (χ4v) is 6.01. The summed E-state index contributed by atoms with van der Waals surface area (Å²) in [6.07, 6.45) is -1.17. The molecule has 3 aromatic rings. The van der Waals surface area contributed by atoms with Crippen LogP contribution in [0.25, 0.3) is 0 Å². The maximum absolute atomic E-state index is 11.7. The first kappa shape index (κ1) is 18.1. The van der Waals surface area contributed by atoms with Crippen molar-refractivity contribution in [3.63, 3.8) is 0 Å². The van der Waals surface area contributed by atoms with Gasteiger partial charge in [0.2, 0.25) is 0 Å². The van der Waals surface area contributed by atoms with E-state index in [1.54, 1.807) is 0 Å². The molecule has 4 nitrogen and oxygen atoms in total. The van der Waals surface area contributed by atoms with Gasteiger partial charge in [0.25, 0.3) is 0 Å². The van der Waals surface area contributed by atoms with Gasteiger partial charge in [-0.15, -0.1) is 0 Å². The van der Waals surface area contributed by atoms with Gasteiger partial charge in [-0.3, -0.25) is 5.09 Å². The molecule has 0 saturated carbocycles. The molecule has 1 atom stereocenters. The third-order valence-corrected chi connectivity index (χ3v) is 7.50. The minimum atomic E-state index is -2.70. The maximum Gasteiger partial charge on any atom is 0.431 e. The molecule has 0 aliphatic carbocycles. The van der Waals surface area contributed by atoms with E-state index in [2.05, 4.69) is 9.83 Å². The molecule has 0 fully saturated rings. The van der Waals surface area contributed by atoms with Gasteiger partial charge in [-0.2, -0.15) is 4.74 Å². The van der Waals surface area contributed by atoms with Crippen LogP contribution in [0.4, 0.5) is 4.79 Å². The molecule has 0 aliphatic heterocycles. The summed E-state index contributed by atoms with van der Waals surface area (Å²) in [5.41, 5.74) is 1.09. The SMILES string of the molecule is C[C@@H](NP(=NC(=O)O)(c1ccccc1)c1ccccc1)c1ccccc1. The number of hydrogen-bond donors (Lipinski definition) is 2. The van der Waals surface area contributed by atoms with Crippen molar-refractivity contribution in [1.29, 1.82) is 0 Å². The first-order valence-corrected chi connectivity index (χ1v) is 10.2. The Hall–Kier alpha value is -2.68. The minimum absolute atomic E-state index is 0.0620. The second-order valence-electron chi connectivity index (χ2n) is 5.95. The zero-order chi connectivity index (χ0) is 18.4. The number of amides is 1. The molecule has 5 heteroatoms. The molecule has 132 valence electrons. The van der Waals surface area contributed by atoms with Crippen LogP contribution in [0, 0.1) is 0 Å². The Labute approximate surface area is 153 Å². The van der Waals surface area contributed by atoms with Crippen molar-refractivity contribution in [3.05, 3.63) is 96.6 Å². The van der Waals surface area contributed by atoms with Crippen molar-refractivity contribution >= 4 is 23.9 Å². The van der Waals surface area contributed by atoms with Crippen LogP contribution < -0.4 is 15.7 Å². The molecule has 0 saturated heterocycles. The van der Waals surface area contributed by atoms with Crippen molar-refractivity contribution < 1.29 is 9.90 Å². The van der Waals surface area contributed by atoms with E-state index in [9.17, 15) is 9.90 Å². The normalized spacial score (nSPS) is 12.3. The standard InChI is InChI=1S/C21H21N2O2P/c1-17(18-11-5-2-6-12-18)22-26(23-21(24)25,19-13-7-3-8-14-19)20-15-9-4-10-16-20/h2-17,22H,1H3,(H,24,25)/t17-/m1/s1. The predicted octanol–water partition coefficient (Wildman–Crippen LogP) is 4.78. The molecular formula is C21H21N2O2P. The fourth-order valence-electron chi connectivity index (χ4n) is 2.95. The van der Waals surface area contributed by atoms with E-state index in [0.29, 0.717) is 0 Å². The monoisotopic (exact) mass is 364 g/mol. The van der Waals surface area contributed by atoms with Gasteiger partial charge in [-0.25, -0.2) is 4.79 Å². The molecule has 26 heavy (non-hydrogen) atoms. The van der Waals surface area contributed by atoms with Crippen LogP contribution in [0.2, 0.25) is 0 Å². The molecule has 0 spiro atoms. The van der Waals surface area contributed by atoms with Crippen LogP contribution >= 0.6 is 7.21 Å². The molecule has 0 unspecified atom stereocenters. The number of carbonyl (C=O) groups is 1. The fraction of sp³-hybridized carbons (Fsp3) is 0.0952. The summed E-state index contributed by atoms with van der Waals surface area (Å²) in [5, 5.41) is 14.9. The van der Waals surface area contributed by atoms with Crippen molar-refractivity contribution in [2.45, 2.75) is 13.0 Å². The van der Waals surface area contributed by atoms with E-state index in [1.807, 2.05) is 97.9 Å². The highest BCUT2D eigenvalue weighted by Gasteiger charge is 2.28. The highest BCUT2D eigenvalue weighted by molar-refractivity contribution is 7.79. The summed E-state index contributed by atoms with van der Waals surface area (Å²) in [4.78, 5) is 11.7. The summed E-state index contributed by atoms with van der Waals surface area (Å²) in [7, 11) is -2.70. The quantitative estimate of drug-likeness (QED) is 0.640. The van der Waals surface area contributed by atoms with Gasteiger partial charge in [0.1, 0.15) is 7.21 Å². The van der Waals surface area contributed by atoms with Crippen molar-refractivity contribution in [3.8, 4) is 0 Å². The first-order chi connectivity index (χ1) is 12.6. The largest absolute Gasteiger partial charge is 0.463 e. The van der Waals surface area contributed by atoms with Gasteiger partial charge in [-0.1, -0.05) is 91.0 Å². The number of nitrogens with one attached hydrogen (secondary N) is 1. The number of rotatable bonds is 5. The molecule has 1 amide bonds. The topological polar surface area (TPSA) is 61.7 Å². The molecule has 3 aromatic carbocycles. The van der Waals surface area contributed by atoms with Crippen molar-refractivity contribution in [2.24, 2.45) is 4.74 Å². The average molecular weight is 364 g/mol. The van der Waals surface area contributed by atoms with E-state index in [0.717, 1.165) is 16.2 Å². The van der Waals surface area contributed by atoms with Gasteiger partial charge in [0, 0.05) is 16.7 Å². The highest BCUT2D eigenvalue weighted by atomic mass is 31.2. The lowest BCUT2D eigenvalue weighted by Crippen LogP contribution is -2.30. The van der Waals surface area contributed by atoms with Crippen LogP contribution in [0.5, 0.6) is 0 Å². The van der Waals surface area contributed by atoms with E-state index >= 15 is 0 Å². The Morgan fingerprint density at radius 2 is 1.27 bits per heavy atom. The summed E-state index contributed by atoms with van der Waals surface area (Å²) >= 11 is 0. The van der Waals surface area contributed by atoms with E-state index in [-0.39, 0.29) is 6.04 Å². The number of hydrogen-bond acceptors (Lipinski definition) is 1. The van der Waals surface area contributed by atoms with Crippen molar-refractivity contribution in [1.82, 2.24) is 5.09 Å². The minimum Gasteiger partial charge on any atom is -0.463 e. The van der Waals surface area contributed by atoms with Crippen LogP contribution in [0.15, 0.2) is 95.7 Å². The molecule has 0 bridgehead atoms. The zero-order valence-corrected chi connectivity index (χ0v) is 15.4.